The maximum absolute atomic E-state index is 11.2. The van der Waals surface area contributed by atoms with Crippen LogP contribution in [0.2, 0.25) is 0 Å². The molecule has 2 heterocycles. The van der Waals surface area contributed by atoms with E-state index in [1.165, 1.54) is 71.7 Å². The van der Waals surface area contributed by atoms with E-state index in [1.54, 1.807) is 0 Å². The third-order valence-electron chi connectivity index (χ3n) is 9.53. The average molecular weight is 653 g/mol. The van der Waals surface area contributed by atoms with Crippen molar-refractivity contribution < 1.29 is 9.53 Å². The predicted octanol–water partition coefficient (Wildman–Crippen LogP) is 12.8. The Hall–Kier alpha value is -4.48. The zero-order valence-corrected chi connectivity index (χ0v) is 28.9. The predicted molar refractivity (Wildman–Crippen MR) is 202 cm³/mol. The SMILES string of the molecule is CCCCCCN1c2ccc(-c3ccc(C=O)cc3)cc2Oc2cc(-c3ccc4c(c3)Sc3ccccc3N4CCCCCC)ccc21. The van der Waals surface area contributed by atoms with Crippen molar-refractivity contribution in [2.24, 2.45) is 0 Å². The summed E-state index contributed by atoms with van der Waals surface area (Å²) in [6, 6.07) is 36.7. The molecule has 0 amide bonds. The molecule has 7 rings (SSSR count). The Bertz CT molecular complexity index is 1900. The van der Waals surface area contributed by atoms with Gasteiger partial charge >= 0.3 is 0 Å². The van der Waals surface area contributed by atoms with E-state index < -0.39 is 0 Å². The first kappa shape index (κ1) is 32.1. The smallest absolute Gasteiger partial charge is 0.151 e. The van der Waals surface area contributed by atoms with Gasteiger partial charge in [0.05, 0.1) is 22.7 Å². The third kappa shape index (κ3) is 6.61. The van der Waals surface area contributed by atoms with Gasteiger partial charge in [-0.1, -0.05) is 119 Å². The van der Waals surface area contributed by atoms with Crippen LogP contribution in [0.4, 0.5) is 22.7 Å². The normalized spacial score (nSPS) is 12.9. The van der Waals surface area contributed by atoms with E-state index >= 15 is 0 Å². The number of carbonyl (C=O) groups is 1. The second-order valence-corrected chi connectivity index (χ2v) is 14.0. The van der Waals surface area contributed by atoms with Crippen LogP contribution in [0.1, 0.15) is 75.6 Å². The number of para-hydroxylation sites is 1. The van der Waals surface area contributed by atoms with Gasteiger partial charge in [-0.05, 0) is 83.6 Å². The van der Waals surface area contributed by atoms with Gasteiger partial charge in [0.25, 0.3) is 0 Å². The van der Waals surface area contributed by atoms with Gasteiger partial charge in [-0.15, -0.1) is 0 Å². The molecule has 0 atom stereocenters. The highest BCUT2D eigenvalue weighted by atomic mass is 32.2. The molecule has 5 aromatic rings. The third-order valence-corrected chi connectivity index (χ3v) is 10.6. The minimum absolute atomic E-state index is 0.678. The van der Waals surface area contributed by atoms with Crippen molar-refractivity contribution in [3.8, 4) is 33.8 Å². The van der Waals surface area contributed by atoms with Gasteiger partial charge in [0.2, 0.25) is 0 Å². The van der Waals surface area contributed by atoms with Crippen molar-refractivity contribution in [1.82, 2.24) is 0 Å². The second-order valence-electron chi connectivity index (χ2n) is 12.9. The number of ether oxygens (including phenoxy) is 1. The summed E-state index contributed by atoms with van der Waals surface area (Å²) < 4.78 is 6.73. The summed E-state index contributed by atoms with van der Waals surface area (Å²) in [5, 5.41) is 0. The summed E-state index contributed by atoms with van der Waals surface area (Å²) in [4.78, 5) is 18.8. The van der Waals surface area contributed by atoms with Crippen molar-refractivity contribution in [3.63, 3.8) is 0 Å². The standard InChI is InChI=1S/C43H44N2O2S/c1-3-5-7-11-25-44-36-22-19-33(32-17-15-31(30-46)16-18-32)27-40(36)47-41-28-34(20-23-37(41)44)35-21-24-39-43(29-35)48-42-14-10-9-13-38(42)45(39)26-12-8-6-4-2/h9-10,13-24,27-30H,3-8,11-12,25-26H2,1-2H3. The molecular weight excluding hydrogens is 609 g/mol. The minimum atomic E-state index is 0.678. The lowest BCUT2D eigenvalue weighted by atomic mass is 10.0. The van der Waals surface area contributed by atoms with Gasteiger partial charge in [-0.25, -0.2) is 0 Å². The Labute approximate surface area is 289 Å². The molecule has 2 aliphatic heterocycles. The molecule has 5 aromatic carbocycles. The van der Waals surface area contributed by atoms with Crippen LogP contribution in [0.25, 0.3) is 22.3 Å². The molecule has 5 heteroatoms. The van der Waals surface area contributed by atoms with Gasteiger partial charge < -0.3 is 14.5 Å². The molecular formula is C43H44N2O2S. The average Bonchev–Trinajstić information content (AvgIpc) is 3.13. The summed E-state index contributed by atoms with van der Waals surface area (Å²) in [5.41, 5.74) is 10.00. The van der Waals surface area contributed by atoms with Crippen LogP contribution in [0.15, 0.2) is 113 Å². The first-order chi connectivity index (χ1) is 23.7. The highest BCUT2D eigenvalue weighted by Crippen LogP contribution is 2.51. The van der Waals surface area contributed by atoms with Gasteiger partial charge in [-0.3, -0.25) is 4.79 Å². The Kier molecular flexibility index (Phi) is 9.85. The Balaban J connectivity index is 1.21. The fourth-order valence-corrected chi connectivity index (χ4v) is 8.02. The summed E-state index contributed by atoms with van der Waals surface area (Å²) in [6.07, 6.45) is 10.7. The summed E-state index contributed by atoms with van der Waals surface area (Å²) in [7, 11) is 0. The lowest BCUT2D eigenvalue weighted by molar-refractivity contribution is 0.112. The number of aldehydes is 1. The Morgan fingerprint density at radius 2 is 1.06 bits per heavy atom. The molecule has 0 aliphatic carbocycles. The molecule has 0 fully saturated rings. The lowest BCUT2D eigenvalue weighted by Gasteiger charge is -2.34. The van der Waals surface area contributed by atoms with Crippen molar-refractivity contribution in [3.05, 3.63) is 109 Å². The van der Waals surface area contributed by atoms with E-state index in [0.717, 1.165) is 65.4 Å². The molecule has 244 valence electrons. The molecule has 48 heavy (non-hydrogen) atoms. The van der Waals surface area contributed by atoms with Crippen LogP contribution in [-0.2, 0) is 0 Å². The van der Waals surface area contributed by atoms with E-state index in [9.17, 15) is 4.79 Å². The largest absolute Gasteiger partial charge is 0.453 e. The molecule has 4 nitrogen and oxygen atoms in total. The minimum Gasteiger partial charge on any atom is -0.453 e. The fourth-order valence-electron chi connectivity index (χ4n) is 6.89. The zero-order valence-electron chi connectivity index (χ0n) is 28.1. The Morgan fingerprint density at radius 1 is 0.542 bits per heavy atom. The molecule has 2 aliphatic rings. The number of hydrogen-bond donors (Lipinski definition) is 0. The van der Waals surface area contributed by atoms with E-state index in [0.29, 0.717) is 5.56 Å². The number of hydrogen-bond acceptors (Lipinski definition) is 5. The molecule has 0 aromatic heterocycles. The zero-order chi connectivity index (χ0) is 32.9. The Morgan fingerprint density at radius 3 is 1.69 bits per heavy atom. The van der Waals surface area contributed by atoms with Crippen molar-refractivity contribution in [1.29, 1.82) is 0 Å². The quantitative estimate of drug-likeness (QED) is 0.0933. The van der Waals surface area contributed by atoms with Crippen molar-refractivity contribution >= 4 is 40.8 Å². The molecule has 0 saturated carbocycles. The lowest BCUT2D eigenvalue weighted by Crippen LogP contribution is -2.22. The maximum atomic E-state index is 11.2. The first-order valence-electron chi connectivity index (χ1n) is 17.6. The van der Waals surface area contributed by atoms with E-state index in [2.05, 4.69) is 103 Å². The topological polar surface area (TPSA) is 32.8 Å². The van der Waals surface area contributed by atoms with Crippen LogP contribution in [0, 0.1) is 0 Å². The maximum Gasteiger partial charge on any atom is 0.151 e. The summed E-state index contributed by atoms with van der Waals surface area (Å²) in [6.45, 7) is 6.51. The number of unbranched alkanes of at least 4 members (excludes halogenated alkanes) is 6. The molecule has 0 saturated heterocycles. The van der Waals surface area contributed by atoms with E-state index in [-0.39, 0.29) is 0 Å². The van der Waals surface area contributed by atoms with Crippen LogP contribution in [-0.4, -0.2) is 19.4 Å². The summed E-state index contributed by atoms with van der Waals surface area (Å²) >= 11 is 1.87. The number of anilines is 4. The number of rotatable bonds is 13. The van der Waals surface area contributed by atoms with Gasteiger partial charge in [0.15, 0.2) is 11.5 Å². The van der Waals surface area contributed by atoms with E-state index in [4.69, 9.17) is 4.74 Å². The number of fused-ring (bicyclic) bond motifs is 4. The van der Waals surface area contributed by atoms with Crippen molar-refractivity contribution in [2.45, 2.75) is 75.0 Å². The summed E-state index contributed by atoms with van der Waals surface area (Å²) in [5.74, 6) is 1.75. The molecule has 0 N–H and O–H groups in total. The monoisotopic (exact) mass is 652 g/mol. The molecule has 0 radical (unpaired) electrons. The van der Waals surface area contributed by atoms with Crippen LogP contribution in [0.3, 0.4) is 0 Å². The van der Waals surface area contributed by atoms with Gasteiger partial charge in [0, 0.05) is 28.4 Å². The molecule has 0 bridgehead atoms. The van der Waals surface area contributed by atoms with Crippen LogP contribution < -0.4 is 14.5 Å². The van der Waals surface area contributed by atoms with Crippen LogP contribution in [0.5, 0.6) is 11.5 Å². The molecule has 0 spiro atoms. The number of nitrogens with zero attached hydrogens (tertiary/aromatic N) is 2. The van der Waals surface area contributed by atoms with E-state index in [1.807, 2.05) is 36.0 Å². The molecule has 0 unspecified atom stereocenters. The van der Waals surface area contributed by atoms with Crippen molar-refractivity contribution in [2.75, 3.05) is 22.9 Å². The second kappa shape index (κ2) is 14.7. The first-order valence-corrected chi connectivity index (χ1v) is 18.5. The highest BCUT2D eigenvalue weighted by Gasteiger charge is 2.27. The van der Waals surface area contributed by atoms with Gasteiger partial charge in [0.1, 0.15) is 6.29 Å². The van der Waals surface area contributed by atoms with Crippen LogP contribution >= 0.6 is 11.8 Å². The number of carbonyl (C=O) groups excluding carboxylic acids is 1. The van der Waals surface area contributed by atoms with Gasteiger partial charge in [-0.2, -0.15) is 0 Å². The fraction of sp³-hybridized carbons (Fsp3) is 0.279. The number of benzene rings is 5. The highest BCUT2D eigenvalue weighted by molar-refractivity contribution is 7.99.